The fraction of sp³-hybridized carbons (Fsp3) is 0.467. The van der Waals surface area contributed by atoms with Gasteiger partial charge in [0.15, 0.2) is 0 Å². The highest BCUT2D eigenvalue weighted by molar-refractivity contribution is 6.36. The lowest BCUT2D eigenvalue weighted by molar-refractivity contribution is -0.127. The van der Waals surface area contributed by atoms with E-state index in [1.54, 1.807) is 18.2 Å². The van der Waals surface area contributed by atoms with Gasteiger partial charge in [0.2, 0.25) is 5.91 Å². The second-order valence-electron chi connectivity index (χ2n) is 10.2. The van der Waals surface area contributed by atoms with Crippen molar-refractivity contribution < 1.29 is 9.90 Å². The SMILES string of the molecule is CCCCn1cc(-c2ccc(Cl)cc2Cl)nc1[C@H](Cc1ccc(O)cc1)NC(=O)C1CCC(CC)CC1. The van der Waals surface area contributed by atoms with Crippen molar-refractivity contribution in [3.05, 3.63) is 70.1 Å². The topological polar surface area (TPSA) is 67.2 Å². The average molecular weight is 543 g/mol. The van der Waals surface area contributed by atoms with Crippen molar-refractivity contribution in [3.63, 3.8) is 0 Å². The van der Waals surface area contributed by atoms with Gasteiger partial charge in [-0.05, 0) is 80.3 Å². The van der Waals surface area contributed by atoms with E-state index in [1.807, 2.05) is 30.5 Å². The molecule has 1 fully saturated rings. The summed E-state index contributed by atoms with van der Waals surface area (Å²) in [6.07, 6.45) is 9.93. The van der Waals surface area contributed by atoms with Crippen LogP contribution in [0.25, 0.3) is 11.3 Å². The second kappa shape index (κ2) is 12.8. The Hall–Kier alpha value is -2.50. The number of imidazole rings is 1. The van der Waals surface area contributed by atoms with E-state index in [-0.39, 0.29) is 23.6 Å². The molecule has 0 radical (unpaired) electrons. The number of aromatic nitrogens is 2. The second-order valence-corrected chi connectivity index (χ2v) is 11.1. The normalized spacial score (nSPS) is 18.5. The summed E-state index contributed by atoms with van der Waals surface area (Å²) in [5, 5.41) is 14.3. The quantitative estimate of drug-likeness (QED) is 0.273. The lowest BCUT2D eigenvalue weighted by Crippen LogP contribution is -2.37. The Morgan fingerprint density at radius 1 is 1.11 bits per heavy atom. The maximum Gasteiger partial charge on any atom is 0.223 e. The molecule has 0 bridgehead atoms. The highest BCUT2D eigenvalue weighted by Gasteiger charge is 2.29. The summed E-state index contributed by atoms with van der Waals surface area (Å²) in [6.45, 7) is 5.20. The number of carbonyl (C=O) groups excluding carboxylic acids is 1. The standard InChI is InChI=1S/C30H37Cl2N3O2/c1-3-5-16-35-19-28(25-15-12-23(31)18-26(25)32)33-29(35)27(17-21-8-13-24(36)14-9-21)34-30(37)22-10-6-20(4-2)7-11-22/h8-9,12-15,18-20,22,27,36H,3-7,10-11,16-17H2,1-2H3,(H,34,37)/t20?,22?,27-/m0/s1. The Labute approximate surface area is 230 Å². The first-order valence-electron chi connectivity index (χ1n) is 13.5. The molecule has 1 atom stereocenters. The van der Waals surface area contributed by atoms with Gasteiger partial charge in [-0.15, -0.1) is 0 Å². The lowest BCUT2D eigenvalue weighted by atomic mass is 9.80. The number of aryl methyl sites for hydroxylation is 1. The number of unbranched alkanes of at least 4 members (excludes halogenated alkanes) is 1. The number of nitrogens with one attached hydrogen (secondary N) is 1. The minimum Gasteiger partial charge on any atom is -0.508 e. The molecule has 0 unspecified atom stereocenters. The molecule has 1 aliphatic rings. The number of phenols is 1. The zero-order valence-corrected chi connectivity index (χ0v) is 23.2. The zero-order valence-electron chi connectivity index (χ0n) is 21.7. The van der Waals surface area contributed by atoms with Gasteiger partial charge in [0, 0.05) is 29.2 Å². The number of nitrogens with zero attached hydrogens (tertiary/aromatic N) is 2. The van der Waals surface area contributed by atoms with Gasteiger partial charge in [-0.1, -0.05) is 62.0 Å². The number of carbonyl (C=O) groups is 1. The molecular weight excluding hydrogens is 505 g/mol. The minimum atomic E-state index is -0.308. The molecule has 2 N–H and O–H groups in total. The van der Waals surface area contributed by atoms with Crippen molar-refractivity contribution >= 4 is 29.1 Å². The van der Waals surface area contributed by atoms with Gasteiger partial charge in [-0.25, -0.2) is 4.98 Å². The van der Waals surface area contributed by atoms with Gasteiger partial charge in [-0.3, -0.25) is 4.79 Å². The van der Waals surface area contributed by atoms with Crippen LogP contribution >= 0.6 is 23.2 Å². The molecule has 4 rings (SSSR count). The zero-order chi connectivity index (χ0) is 26.4. The molecule has 37 heavy (non-hydrogen) atoms. The lowest BCUT2D eigenvalue weighted by Gasteiger charge is -2.29. The monoisotopic (exact) mass is 541 g/mol. The molecule has 198 valence electrons. The first-order chi connectivity index (χ1) is 17.9. The third-order valence-electron chi connectivity index (χ3n) is 7.57. The Bertz CT molecular complexity index is 1180. The summed E-state index contributed by atoms with van der Waals surface area (Å²) in [7, 11) is 0. The van der Waals surface area contributed by atoms with E-state index >= 15 is 0 Å². The van der Waals surface area contributed by atoms with Crippen LogP contribution in [-0.4, -0.2) is 20.6 Å². The summed E-state index contributed by atoms with van der Waals surface area (Å²) < 4.78 is 2.16. The molecule has 3 aromatic rings. The predicted molar refractivity (Wildman–Crippen MR) is 151 cm³/mol. The summed E-state index contributed by atoms with van der Waals surface area (Å²) in [5.74, 6) is 1.92. The molecule has 1 saturated carbocycles. The number of phenolic OH excluding ortho intramolecular Hbond substituents is 1. The fourth-order valence-electron chi connectivity index (χ4n) is 5.24. The van der Waals surface area contributed by atoms with Crippen molar-refractivity contribution in [2.75, 3.05) is 0 Å². The van der Waals surface area contributed by atoms with Crippen LogP contribution in [0.3, 0.4) is 0 Å². The third-order valence-corrected chi connectivity index (χ3v) is 8.11. The van der Waals surface area contributed by atoms with E-state index in [1.165, 1.54) is 6.42 Å². The predicted octanol–water partition coefficient (Wildman–Crippen LogP) is 7.98. The molecule has 0 spiro atoms. The number of amides is 1. The highest BCUT2D eigenvalue weighted by Crippen LogP contribution is 2.33. The molecule has 5 nitrogen and oxygen atoms in total. The summed E-state index contributed by atoms with van der Waals surface area (Å²) >= 11 is 12.7. The van der Waals surface area contributed by atoms with E-state index < -0.39 is 0 Å². The number of hydrogen-bond donors (Lipinski definition) is 2. The van der Waals surface area contributed by atoms with Gasteiger partial charge in [-0.2, -0.15) is 0 Å². The molecule has 1 aromatic heterocycles. The van der Waals surface area contributed by atoms with Crippen molar-refractivity contribution in [1.29, 1.82) is 0 Å². The Morgan fingerprint density at radius 2 is 1.84 bits per heavy atom. The largest absolute Gasteiger partial charge is 0.508 e. The van der Waals surface area contributed by atoms with E-state index in [9.17, 15) is 9.90 Å². The first-order valence-corrected chi connectivity index (χ1v) is 14.2. The molecule has 0 saturated heterocycles. The molecular formula is C30H37Cl2N3O2. The molecule has 1 amide bonds. The summed E-state index contributed by atoms with van der Waals surface area (Å²) in [6, 6.07) is 12.3. The van der Waals surface area contributed by atoms with Crippen molar-refractivity contribution in [2.45, 2.75) is 77.8 Å². The maximum atomic E-state index is 13.5. The molecule has 1 heterocycles. The van der Waals surface area contributed by atoms with E-state index in [2.05, 4.69) is 23.7 Å². The van der Waals surface area contributed by atoms with Crippen LogP contribution in [0.2, 0.25) is 10.0 Å². The number of rotatable bonds is 10. The number of hydrogen-bond acceptors (Lipinski definition) is 3. The maximum absolute atomic E-state index is 13.5. The van der Waals surface area contributed by atoms with Crippen molar-refractivity contribution in [3.8, 4) is 17.0 Å². The van der Waals surface area contributed by atoms with Crippen LogP contribution < -0.4 is 5.32 Å². The van der Waals surface area contributed by atoms with E-state index in [0.29, 0.717) is 16.5 Å². The Morgan fingerprint density at radius 3 is 2.49 bits per heavy atom. The molecule has 7 heteroatoms. The third kappa shape index (κ3) is 7.08. The van der Waals surface area contributed by atoms with Crippen LogP contribution in [0, 0.1) is 11.8 Å². The number of benzene rings is 2. The average Bonchev–Trinajstić information content (AvgIpc) is 3.32. The van der Waals surface area contributed by atoms with Gasteiger partial charge in [0.1, 0.15) is 11.6 Å². The van der Waals surface area contributed by atoms with Crippen molar-refractivity contribution in [1.82, 2.24) is 14.9 Å². The van der Waals surface area contributed by atoms with Gasteiger partial charge >= 0.3 is 0 Å². The number of aromatic hydroxyl groups is 1. The van der Waals surface area contributed by atoms with Crippen molar-refractivity contribution in [2.24, 2.45) is 11.8 Å². The minimum absolute atomic E-state index is 0.0364. The van der Waals surface area contributed by atoms with Gasteiger partial charge in [0.25, 0.3) is 0 Å². The fourth-order valence-corrected chi connectivity index (χ4v) is 5.75. The molecule has 0 aliphatic heterocycles. The van der Waals surface area contributed by atoms with Crippen LogP contribution in [0.4, 0.5) is 0 Å². The van der Waals surface area contributed by atoms with Crippen LogP contribution in [0.15, 0.2) is 48.7 Å². The Kier molecular flexibility index (Phi) is 9.55. The van der Waals surface area contributed by atoms with Crippen LogP contribution in [0.5, 0.6) is 5.75 Å². The van der Waals surface area contributed by atoms with Gasteiger partial charge < -0.3 is 15.0 Å². The number of halogens is 2. The molecule has 1 aliphatic carbocycles. The summed E-state index contributed by atoms with van der Waals surface area (Å²) in [5.41, 5.74) is 2.60. The highest BCUT2D eigenvalue weighted by atomic mass is 35.5. The van der Waals surface area contributed by atoms with E-state index in [4.69, 9.17) is 28.2 Å². The van der Waals surface area contributed by atoms with Crippen LogP contribution in [-0.2, 0) is 17.8 Å². The Balaban J connectivity index is 1.67. The van der Waals surface area contributed by atoms with Crippen LogP contribution in [0.1, 0.15) is 76.2 Å². The van der Waals surface area contributed by atoms with Gasteiger partial charge in [0.05, 0.1) is 16.8 Å². The first kappa shape index (κ1) is 27.5. The smallest absolute Gasteiger partial charge is 0.223 e. The molecule has 2 aromatic carbocycles. The van der Waals surface area contributed by atoms with E-state index in [0.717, 1.165) is 73.6 Å². The summed E-state index contributed by atoms with van der Waals surface area (Å²) in [4.78, 5) is 18.5.